The Balaban J connectivity index is 2.32. The highest BCUT2D eigenvalue weighted by molar-refractivity contribution is 9.10. The monoisotopic (exact) mass is 355 g/mol. The van der Waals surface area contributed by atoms with Crippen LogP contribution in [0.3, 0.4) is 0 Å². The van der Waals surface area contributed by atoms with Crippen LogP contribution in [0.5, 0.6) is 0 Å². The summed E-state index contributed by atoms with van der Waals surface area (Å²) in [6.45, 7) is 0. The van der Waals surface area contributed by atoms with Gasteiger partial charge < -0.3 is 15.7 Å². The molecule has 0 amide bonds. The maximum Gasteiger partial charge on any atom is 0.171 e. The molecule has 0 heterocycles. The van der Waals surface area contributed by atoms with E-state index in [1.165, 1.54) is 4.90 Å². The number of aliphatic hydroxyl groups excluding tert-OH is 1. The number of amidine groups is 1. The molecular weight excluding hydrogens is 338 g/mol. The minimum Gasteiger partial charge on any atom is -0.384 e. The van der Waals surface area contributed by atoms with Crippen molar-refractivity contribution in [3.05, 3.63) is 34.3 Å². The highest BCUT2D eigenvalue weighted by Gasteiger charge is 2.47. The lowest BCUT2D eigenvalue weighted by Gasteiger charge is -2.47. The highest BCUT2D eigenvalue weighted by atomic mass is 79.9. The van der Waals surface area contributed by atoms with E-state index in [0.29, 0.717) is 0 Å². The molecule has 0 aliphatic heterocycles. The Hall–Kier alpha value is -0.980. The van der Waals surface area contributed by atoms with E-state index in [-0.39, 0.29) is 10.9 Å². The fourth-order valence-corrected chi connectivity index (χ4v) is 3.14. The molecule has 0 saturated heterocycles. The number of nitrogens with two attached hydrogens (primary N) is 1. The van der Waals surface area contributed by atoms with Gasteiger partial charge >= 0.3 is 0 Å². The van der Waals surface area contributed by atoms with Gasteiger partial charge in [-0.2, -0.15) is 0 Å². The summed E-state index contributed by atoms with van der Waals surface area (Å²) < 4.78 is 0.975. The van der Waals surface area contributed by atoms with Gasteiger partial charge in [0.15, 0.2) is 5.11 Å². The van der Waals surface area contributed by atoms with Crippen molar-refractivity contribution < 1.29 is 5.11 Å². The average molecular weight is 356 g/mol. The van der Waals surface area contributed by atoms with Crippen molar-refractivity contribution >= 4 is 39.1 Å². The van der Waals surface area contributed by atoms with Crippen molar-refractivity contribution in [3.8, 4) is 0 Å². The predicted molar refractivity (Wildman–Crippen MR) is 88.0 cm³/mol. The van der Waals surface area contributed by atoms with Crippen LogP contribution in [0.15, 0.2) is 28.7 Å². The van der Waals surface area contributed by atoms with Crippen molar-refractivity contribution in [2.75, 3.05) is 7.05 Å². The van der Waals surface area contributed by atoms with Gasteiger partial charge in [-0.1, -0.05) is 34.5 Å². The number of hydrogen-bond acceptors (Lipinski definition) is 3. The molecule has 1 unspecified atom stereocenters. The second-order valence-corrected chi connectivity index (χ2v) is 6.54. The van der Waals surface area contributed by atoms with Gasteiger partial charge in [0.25, 0.3) is 0 Å². The van der Waals surface area contributed by atoms with E-state index < -0.39 is 11.5 Å². The van der Waals surface area contributed by atoms with Crippen LogP contribution in [0.1, 0.15) is 24.8 Å². The van der Waals surface area contributed by atoms with Gasteiger partial charge in [-0.15, -0.1) is 0 Å². The summed E-state index contributed by atoms with van der Waals surface area (Å²) in [6, 6.07) is 7.92. The van der Waals surface area contributed by atoms with Gasteiger partial charge in [-0.3, -0.25) is 5.41 Å². The summed E-state index contributed by atoms with van der Waals surface area (Å²) in [5.41, 5.74) is 6.18. The van der Waals surface area contributed by atoms with Crippen LogP contribution in [-0.4, -0.2) is 34.1 Å². The van der Waals surface area contributed by atoms with Crippen molar-refractivity contribution in [2.45, 2.75) is 30.8 Å². The molecule has 1 aromatic carbocycles. The smallest absolute Gasteiger partial charge is 0.171 e. The first kappa shape index (κ1) is 15.4. The molecule has 1 atom stereocenters. The van der Waals surface area contributed by atoms with E-state index in [0.717, 1.165) is 29.3 Å². The normalized spacial score (nSPS) is 17.9. The molecule has 1 fully saturated rings. The molecule has 0 spiro atoms. The molecule has 20 heavy (non-hydrogen) atoms. The molecule has 4 N–H and O–H groups in total. The minimum absolute atomic E-state index is 0.0529. The van der Waals surface area contributed by atoms with Crippen LogP contribution < -0.4 is 5.73 Å². The lowest BCUT2D eigenvalue weighted by atomic mass is 9.60. The van der Waals surface area contributed by atoms with Crippen LogP contribution in [0.25, 0.3) is 0 Å². The van der Waals surface area contributed by atoms with Crippen molar-refractivity contribution in [1.82, 2.24) is 4.90 Å². The third kappa shape index (κ3) is 2.60. The van der Waals surface area contributed by atoms with Crippen LogP contribution >= 0.6 is 28.1 Å². The molecule has 1 saturated carbocycles. The summed E-state index contributed by atoms with van der Waals surface area (Å²) in [6.07, 6.45) is 1.86. The minimum atomic E-state index is -0.906. The molecular formula is C14H18BrN3OS. The number of likely N-dealkylation sites (N-methyl/N-ethyl adjacent to an activating group) is 1. The fourth-order valence-electron chi connectivity index (χ4n) is 2.64. The molecule has 6 heteroatoms. The number of aliphatic hydroxyl groups is 1. The first-order valence-electron chi connectivity index (χ1n) is 6.44. The first-order valence-corrected chi connectivity index (χ1v) is 7.64. The van der Waals surface area contributed by atoms with E-state index in [2.05, 4.69) is 15.9 Å². The lowest BCUT2D eigenvalue weighted by Crippen LogP contribution is -2.54. The SMILES string of the molecule is CN(C(=N)C(O)C1(c2cccc(Br)c2)CCC1)C(N)=S. The van der Waals surface area contributed by atoms with E-state index in [1.54, 1.807) is 7.05 Å². The molecule has 1 aromatic rings. The van der Waals surface area contributed by atoms with Gasteiger partial charge in [-0.25, -0.2) is 0 Å². The summed E-state index contributed by atoms with van der Waals surface area (Å²) in [5.74, 6) is 0.0529. The molecule has 0 aromatic heterocycles. The summed E-state index contributed by atoms with van der Waals surface area (Å²) in [7, 11) is 1.61. The predicted octanol–water partition coefficient (Wildman–Crippen LogP) is 2.38. The topological polar surface area (TPSA) is 73.3 Å². The third-order valence-electron chi connectivity index (χ3n) is 4.12. The van der Waals surface area contributed by atoms with E-state index in [9.17, 15) is 5.11 Å². The molecule has 1 aliphatic rings. The van der Waals surface area contributed by atoms with Gasteiger partial charge in [-0.05, 0) is 42.8 Å². The van der Waals surface area contributed by atoms with Crippen molar-refractivity contribution in [1.29, 1.82) is 5.41 Å². The maximum absolute atomic E-state index is 10.7. The van der Waals surface area contributed by atoms with E-state index >= 15 is 0 Å². The summed E-state index contributed by atoms with van der Waals surface area (Å²) >= 11 is 8.33. The largest absolute Gasteiger partial charge is 0.384 e. The third-order valence-corrected chi connectivity index (χ3v) is 4.89. The number of halogens is 1. The Morgan fingerprint density at radius 3 is 2.65 bits per heavy atom. The van der Waals surface area contributed by atoms with Crippen LogP contribution in [0, 0.1) is 5.41 Å². The molecule has 0 radical (unpaired) electrons. The summed E-state index contributed by atoms with van der Waals surface area (Å²) in [5, 5.41) is 18.9. The number of nitrogens with one attached hydrogen (secondary N) is 1. The van der Waals surface area contributed by atoms with Crippen LogP contribution in [0.4, 0.5) is 0 Å². The molecule has 0 bridgehead atoms. The second kappa shape index (κ2) is 5.79. The standard InChI is InChI=1S/C14H18BrN3OS/c1-18(13(17)20)12(16)11(19)14(6-3-7-14)9-4-2-5-10(15)8-9/h2,4-5,8,11,16,19H,3,6-7H2,1H3,(H2,17,20). The zero-order valence-corrected chi connectivity index (χ0v) is 13.7. The number of rotatable bonds is 3. The Bertz CT molecular complexity index is 545. The summed E-state index contributed by atoms with van der Waals surface area (Å²) in [4.78, 5) is 1.36. The number of thiocarbonyl (C=S) groups is 1. The Labute approximate surface area is 132 Å². The molecule has 108 valence electrons. The van der Waals surface area contributed by atoms with E-state index in [4.69, 9.17) is 23.4 Å². The fraction of sp³-hybridized carbons (Fsp3) is 0.429. The number of benzene rings is 1. The Morgan fingerprint density at radius 2 is 2.20 bits per heavy atom. The van der Waals surface area contributed by atoms with Gasteiger partial charge in [0.05, 0.1) is 0 Å². The quantitative estimate of drug-likeness (QED) is 0.442. The Kier molecular flexibility index (Phi) is 4.46. The first-order chi connectivity index (χ1) is 9.38. The van der Waals surface area contributed by atoms with Gasteiger partial charge in [0.2, 0.25) is 0 Å². The molecule has 1 aliphatic carbocycles. The molecule has 4 nitrogen and oxygen atoms in total. The lowest BCUT2D eigenvalue weighted by molar-refractivity contribution is 0.0704. The maximum atomic E-state index is 10.7. The van der Waals surface area contributed by atoms with Crippen LogP contribution in [-0.2, 0) is 5.41 Å². The number of hydrogen-bond donors (Lipinski definition) is 3. The van der Waals surface area contributed by atoms with Crippen molar-refractivity contribution in [2.24, 2.45) is 5.73 Å². The van der Waals surface area contributed by atoms with E-state index in [1.807, 2.05) is 24.3 Å². The Morgan fingerprint density at radius 1 is 1.55 bits per heavy atom. The zero-order chi connectivity index (χ0) is 14.9. The van der Waals surface area contributed by atoms with Crippen molar-refractivity contribution in [3.63, 3.8) is 0 Å². The van der Waals surface area contributed by atoms with Crippen LogP contribution in [0.2, 0.25) is 0 Å². The average Bonchev–Trinajstić information content (AvgIpc) is 2.35. The molecule has 2 rings (SSSR count). The highest BCUT2D eigenvalue weighted by Crippen LogP contribution is 2.47. The zero-order valence-electron chi connectivity index (χ0n) is 11.3. The van der Waals surface area contributed by atoms with Gasteiger partial charge in [0.1, 0.15) is 11.9 Å². The van der Waals surface area contributed by atoms with Gasteiger partial charge in [0, 0.05) is 16.9 Å². The number of nitrogens with zero attached hydrogens (tertiary/aromatic N) is 1. The second-order valence-electron chi connectivity index (χ2n) is 5.21.